The summed E-state index contributed by atoms with van der Waals surface area (Å²) in [4.78, 5) is 0. The number of phenolic OH excluding ortho intramolecular Hbond substituents is 2. The number of hydrogen-bond donors (Lipinski definition) is 3. The minimum Gasteiger partial charge on any atom is -0.504 e. The highest BCUT2D eigenvalue weighted by Gasteiger charge is 2.36. The van der Waals surface area contributed by atoms with Crippen molar-refractivity contribution < 1.29 is 15.3 Å². The van der Waals surface area contributed by atoms with Crippen molar-refractivity contribution in [3.05, 3.63) is 108 Å². The second-order valence-electron chi connectivity index (χ2n) is 6.28. The maximum Gasteiger partial charge on any atom is 0.165 e. The summed E-state index contributed by atoms with van der Waals surface area (Å²) in [5.41, 5.74) is 0.400. The fraction of sp³-hybridized carbons (Fsp3) is 0.0435. The van der Waals surface area contributed by atoms with Crippen molar-refractivity contribution in [1.82, 2.24) is 0 Å². The van der Waals surface area contributed by atoms with Crippen LogP contribution in [0.5, 0.6) is 11.5 Å². The summed E-state index contributed by atoms with van der Waals surface area (Å²) in [7, 11) is 0. The van der Waals surface area contributed by atoms with Crippen molar-refractivity contribution in [1.29, 1.82) is 0 Å². The molecule has 0 atom stereocenters. The van der Waals surface area contributed by atoms with Crippen molar-refractivity contribution in [3.8, 4) is 11.5 Å². The third-order valence-electron chi connectivity index (χ3n) is 4.77. The molecule has 4 aromatic carbocycles. The van der Waals surface area contributed by atoms with Crippen molar-refractivity contribution >= 4 is 10.8 Å². The van der Waals surface area contributed by atoms with Gasteiger partial charge in [-0.3, -0.25) is 0 Å². The van der Waals surface area contributed by atoms with Crippen molar-refractivity contribution in [2.24, 2.45) is 0 Å². The number of rotatable bonds is 3. The molecule has 0 unspecified atom stereocenters. The Morgan fingerprint density at radius 2 is 1.04 bits per heavy atom. The lowest BCUT2D eigenvalue weighted by atomic mass is 9.78. The first-order valence-electron chi connectivity index (χ1n) is 8.40. The zero-order valence-corrected chi connectivity index (χ0v) is 14.0. The molecule has 0 aliphatic heterocycles. The van der Waals surface area contributed by atoms with E-state index in [4.69, 9.17) is 0 Å². The maximum absolute atomic E-state index is 11.9. The van der Waals surface area contributed by atoms with Crippen LogP contribution in [-0.4, -0.2) is 15.3 Å². The van der Waals surface area contributed by atoms with Gasteiger partial charge in [-0.25, -0.2) is 0 Å². The molecular weight excluding hydrogens is 324 g/mol. The van der Waals surface area contributed by atoms with Crippen LogP contribution in [0.15, 0.2) is 91.0 Å². The molecule has 0 heterocycles. The lowest BCUT2D eigenvalue weighted by Crippen LogP contribution is -2.29. The normalized spacial score (nSPS) is 11.6. The molecule has 0 spiro atoms. The Hall–Kier alpha value is -3.30. The van der Waals surface area contributed by atoms with Crippen LogP contribution in [0.3, 0.4) is 0 Å². The Morgan fingerprint density at radius 1 is 0.577 bits per heavy atom. The highest BCUT2D eigenvalue weighted by Crippen LogP contribution is 2.45. The second kappa shape index (κ2) is 6.21. The van der Waals surface area contributed by atoms with Gasteiger partial charge in [-0.15, -0.1) is 0 Å². The molecule has 0 aliphatic rings. The Bertz CT molecular complexity index is 1020. The third-order valence-corrected chi connectivity index (χ3v) is 4.77. The number of aliphatic hydroxyl groups is 1. The maximum atomic E-state index is 11.9. The lowest BCUT2D eigenvalue weighted by Gasteiger charge is -2.31. The molecule has 0 aliphatic carbocycles. The minimum absolute atomic E-state index is 0.187. The number of fused-ring (bicyclic) bond motifs is 1. The quantitative estimate of drug-likeness (QED) is 0.378. The first-order chi connectivity index (χ1) is 12.6. The van der Waals surface area contributed by atoms with E-state index in [9.17, 15) is 15.3 Å². The van der Waals surface area contributed by atoms with E-state index in [0.29, 0.717) is 27.5 Å². The van der Waals surface area contributed by atoms with Gasteiger partial charge in [0.05, 0.1) is 0 Å². The van der Waals surface area contributed by atoms with Gasteiger partial charge in [0.15, 0.2) is 11.5 Å². The van der Waals surface area contributed by atoms with Crippen molar-refractivity contribution in [2.45, 2.75) is 5.60 Å². The fourth-order valence-electron chi connectivity index (χ4n) is 3.48. The molecule has 0 fully saturated rings. The first kappa shape index (κ1) is 16.2. The predicted octanol–water partition coefficient (Wildman–Crippen LogP) is 4.54. The largest absolute Gasteiger partial charge is 0.504 e. The summed E-state index contributed by atoms with van der Waals surface area (Å²) in [6.45, 7) is 0. The van der Waals surface area contributed by atoms with Crippen LogP contribution in [0.25, 0.3) is 10.8 Å². The molecular formula is C23H18O3. The molecule has 0 saturated carbocycles. The van der Waals surface area contributed by atoms with Gasteiger partial charge in [0.1, 0.15) is 5.60 Å². The molecule has 26 heavy (non-hydrogen) atoms. The topological polar surface area (TPSA) is 60.7 Å². The van der Waals surface area contributed by atoms with Gasteiger partial charge < -0.3 is 15.3 Å². The standard InChI is InChI=1S/C23H18O3/c24-21-15-20(18-13-7-8-14-19(18)22(21)25)23(26,16-9-3-1-4-10-16)17-11-5-2-6-12-17/h1-15,24-26H. The Balaban J connectivity index is 2.12. The zero-order chi connectivity index (χ0) is 18.1. The fourth-order valence-corrected chi connectivity index (χ4v) is 3.48. The third kappa shape index (κ3) is 2.41. The van der Waals surface area contributed by atoms with Crippen LogP contribution in [0.4, 0.5) is 0 Å². The molecule has 0 aromatic heterocycles. The highest BCUT2D eigenvalue weighted by atomic mass is 16.3. The van der Waals surface area contributed by atoms with Crippen molar-refractivity contribution in [2.75, 3.05) is 0 Å². The van der Waals surface area contributed by atoms with E-state index in [2.05, 4.69) is 0 Å². The van der Waals surface area contributed by atoms with Crippen LogP contribution >= 0.6 is 0 Å². The highest BCUT2D eigenvalue weighted by molar-refractivity contribution is 5.94. The van der Waals surface area contributed by atoms with Gasteiger partial charge in [0.25, 0.3) is 0 Å². The van der Waals surface area contributed by atoms with E-state index in [1.165, 1.54) is 6.07 Å². The smallest absolute Gasteiger partial charge is 0.165 e. The molecule has 0 amide bonds. The van der Waals surface area contributed by atoms with Crippen LogP contribution in [-0.2, 0) is 5.60 Å². The average molecular weight is 342 g/mol. The van der Waals surface area contributed by atoms with Gasteiger partial charge in [0, 0.05) is 10.9 Å². The summed E-state index contributed by atoms with van der Waals surface area (Å²) in [6.07, 6.45) is 0. The monoisotopic (exact) mass is 342 g/mol. The molecule has 0 bridgehead atoms. The van der Waals surface area contributed by atoms with E-state index < -0.39 is 5.60 Å². The Labute approximate surface area is 151 Å². The van der Waals surface area contributed by atoms with Gasteiger partial charge in [-0.1, -0.05) is 84.9 Å². The van der Waals surface area contributed by atoms with Gasteiger partial charge >= 0.3 is 0 Å². The van der Waals surface area contributed by atoms with Crippen LogP contribution in [0.1, 0.15) is 16.7 Å². The lowest BCUT2D eigenvalue weighted by molar-refractivity contribution is 0.127. The van der Waals surface area contributed by atoms with E-state index in [0.717, 1.165) is 0 Å². The minimum atomic E-state index is -1.48. The SMILES string of the molecule is Oc1cc(C(O)(c2ccccc2)c2ccccc2)c2ccccc2c1O. The first-order valence-corrected chi connectivity index (χ1v) is 8.40. The summed E-state index contributed by atoms with van der Waals surface area (Å²) in [6, 6.07) is 27.3. The molecule has 0 radical (unpaired) electrons. The number of aromatic hydroxyl groups is 2. The molecule has 3 heteroatoms. The number of phenols is 2. The molecule has 4 rings (SSSR count). The molecule has 3 N–H and O–H groups in total. The molecule has 4 aromatic rings. The van der Waals surface area contributed by atoms with E-state index >= 15 is 0 Å². The molecule has 0 saturated heterocycles. The van der Waals surface area contributed by atoms with Crippen LogP contribution in [0.2, 0.25) is 0 Å². The molecule has 3 nitrogen and oxygen atoms in total. The Kier molecular flexibility index (Phi) is 3.86. The summed E-state index contributed by atoms with van der Waals surface area (Å²) in [5, 5.41) is 33.7. The summed E-state index contributed by atoms with van der Waals surface area (Å²) < 4.78 is 0. The van der Waals surface area contributed by atoms with E-state index in [1.807, 2.05) is 72.8 Å². The number of hydrogen-bond acceptors (Lipinski definition) is 3. The second-order valence-corrected chi connectivity index (χ2v) is 6.28. The number of benzene rings is 4. The Morgan fingerprint density at radius 3 is 1.58 bits per heavy atom. The van der Waals surface area contributed by atoms with Crippen LogP contribution in [0, 0.1) is 0 Å². The van der Waals surface area contributed by atoms with Gasteiger partial charge in [-0.05, 0) is 22.6 Å². The van der Waals surface area contributed by atoms with Crippen LogP contribution < -0.4 is 0 Å². The van der Waals surface area contributed by atoms with Crippen molar-refractivity contribution in [3.63, 3.8) is 0 Å². The summed E-state index contributed by atoms with van der Waals surface area (Å²) in [5.74, 6) is -0.447. The van der Waals surface area contributed by atoms with E-state index in [1.54, 1.807) is 12.1 Å². The predicted molar refractivity (Wildman–Crippen MR) is 102 cm³/mol. The van der Waals surface area contributed by atoms with Gasteiger partial charge in [-0.2, -0.15) is 0 Å². The van der Waals surface area contributed by atoms with E-state index in [-0.39, 0.29) is 11.5 Å². The zero-order valence-electron chi connectivity index (χ0n) is 14.0. The van der Waals surface area contributed by atoms with Gasteiger partial charge in [0.2, 0.25) is 0 Å². The average Bonchev–Trinajstić information content (AvgIpc) is 2.71. The molecule has 128 valence electrons. The summed E-state index contributed by atoms with van der Waals surface area (Å²) >= 11 is 0.